The van der Waals surface area contributed by atoms with Gasteiger partial charge in [0.15, 0.2) is 12.5 Å². The standard InChI is InChI=1S/C11H16N2O5/c1-2-6-4-13(11(17)12-10(6)16)9-3-7(15)8(5-14)18-9/h2,4,7-9,12,14-17H,1,3,5H2/t7-,8+,9-/m0/s1. The average Bonchev–Trinajstić information content (AvgIpc) is 2.70. The highest BCUT2D eigenvalue weighted by Crippen LogP contribution is 2.24. The van der Waals surface area contributed by atoms with Crippen molar-refractivity contribution in [3.05, 3.63) is 30.7 Å². The summed E-state index contributed by atoms with van der Waals surface area (Å²) in [5.41, 5.74) is 0.387. The zero-order valence-corrected chi connectivity index (χ0v) is 9.65. The van der Waals surface area contributed by atoms with Gasteiger partial charge in [-0.15, -0.1) is 12.7 Å². The maximum atomic E-state index is 9.71. The number of nitrogens with zero attached hydrogens (tertiary/aromatic N) is 1. The van der Waals surface area contributed by atoms with Crippen LogP contribution in [0.4, 0.5) is 0 Å². The van der Waals surface area contributed by atoms with Gasteiger partial charge in [-0.1, -0.05) is 0 Å². The Kier molecular flexibility index (Phi) is 3.58. The van der Waals surface area contributed by atoms with E-state index in [0.29, 0.717) is 5.57 Å². The lowest BCUT2D eigenvalue weighted by atomic mass is 10.1. The van der Waals surface area contributed by atoms with Crippen molar-refractivity contribution in [2.24, 2.45) is 0 Å². The molecule has 0 aliphatic carbocycles. The molecule has 2 heterocycles. The van der Waals surface area contributed by atoms with Crippen LogP contribution in [0.3, 0.4) is 0 Å². The highest BCUT2D eigenvalue weighted by molar-refractivity contribution is 5.68. The molecule has 2 rings (SSSR count). The Morgan fingerprint density at radius 1 is 1.67 bits per heavy atom. The molecular weight excluding hydrogens is 240 g/mol. The van der Waals surface area contributed by atoms with Gasteiger partial charge in [0, 0.05) is 12.6 Å². The molecule has 7 heteroatoms. The summed E-state index contributed by atoms with van der Waals surface area (Å²) in [5, 5.41) is 37.8. The van der Waals surface area contributed by atoms with Gasteiger partial charge in [0.1, 0.15) is 6.10 Å². The summed E-state index contributed by atoms with van der Waals surface area (Å²) in [4.78, 5) is 3.69. The lowest BCUT2D eigenvalue weighted by molar-refractivity contribution is -0.494. The summed E-state index contributed by atoms with van der Waals surface area (Å²) in [7, 11) is 0. The summed E-state index contributed by atoms with van der Waals surface area (Å²) >= 11 is 0. The SMILES string of the molecule is C=CC1=CN([C@@H]2C[C@H](O)[C@@H](CO)O2)C(O)=[NH+][C-]1O. The van der Waals surface area contributed by atoms with Crippen LogP contribution in [0.15, 0.2) is 24.4 Å². The van der Waals surface area contributed by atoms with Crippen LogP contribution in [0.25, 0.3) is 0 Å². The van der Waals surface area contributed by atoms with Gasteiger partial charge in [-0.3, -0.25) is 9.89 Å². The van der Waals surface area contributed by atoms with Crippen molar-refractivity contribution in [2.75, 3.05) is 6.61 Å². The molecule has 0 aromatic heterocycles. The molecule has 7 nitrogen and oxygen atoms in total. The molecule has 0 unspecified atom stereocenters. The lowest BCUT2D eigenvalue weighted by Gasteiger charge is -2.28. The van der Waals surface area contributed by atoms with Crippen LogP contribution in [-0.4, -0.2) is 56.4 Å². The molecule has 0 saturated carbocycles. The number of rotatable bonds is 3. The van der Waals surface area contributed by atoms with Gasteiger partial charge in [-0.2, -0.15) is 0 Å². The predicted molar refractivity (Wildman–Crippen MR) is 60.3 cm³/mol. The van der Waals surface area contributed by atoms with Crippen molar-refractivity contribution in [3.63, 3.8) is 0 Å². The van der Waals surface area contributed by atoms with Gasteiger partial charge >= 0.3 is 6.02 Å². The number of amidine groups is 1. The molecule has 2 aliphatic rings. The minimum absolute atomic E-state index is 0.212. The fraction of sp³-hybridized carbons (Fsp3) is 0.455. The second-order valence-corrected chi connectivity index (χ2v) is 4.11. The van der Waals surface area contributed by atoms with E-state index in [-0.39, 0.29) is 25.3 Å². The van der Waals surface area contributed by atoms with Gasteiger partial charge < -0.3 is 25.2 Å². The van der Waals surface area contributed by atoms with Crippen molar-refractivity contribution in [1.29, 1.82) is 0 Å². The Morgan fingerprint density at radius 2 is 2.39 bits per heavy atom. The molecule has 3 atom stereocenters. The van der Waals surface area contributed by atoms with E-state index in [1.807, 2.05) is 0 Å². The van der Waals surface area contributed by atoms with E-state index < -0.39 is 18.4 Å². The van der Waals surface area contributed by atoms with Crippen LogP contribution in [0, 0.1) is 6.23 Å². The van der Waals surface area contributed by atoms with Crippen molar-refractivity contribution in [3.8, 4) is 0 Å². The Labute approximate surface area is 104 Å². The molecule has 0 spiro atoms. The Morgan fingerprint density at radius 3 is 2.94 bits per heavy atom. The van der Waals surface area contributed by atoms with Crippen molar-refractivity contribution < 1.29 is 30.2 Å². The van der Waals surface area contributed by atoms with E-state index in [4.69, 9.17) is 9.84 Å². The number of hydrogen-bond acceptors (Lipinski definition) is 5. The quantitative estimate of drug-likeness (QED) is 0.363. The second kappa shape index (κ2) is 4.99. The summed E-state index contributed by atoms with van der Waals surface area (Å²) in [5.74, 6) is 0. The highest BCUT2D eigenvalue weighted by Gasteiger charge is 2.40. The minimum Gasteiger partial charge on any atom is -0.490 e. The average molecular weight is 256 g/mol. The number of aliphatic hydroxyl groups is 4. The highest BCUT2D eigenvalue weighted by atomic mass is 16.5. The Hall–Kier alpha value is -1.54. The number of aliphatic hydroxyl groups excluding tert-OH is 4. The summed E-state index contributed by atoms with van der Waals surface area (Å²) in [6.07, 6.45) is 0.792. The van der Waals surface area contributed by atoms with Crippen LogP contribution in [0.5, 0.6) is 0 Å². The first kappa shape index (κ1) is 12.9. The molecule has 0 radical (unpaired) electrons. The molecule has 1 saturated heterocycles. The van der Waals surface area contributed by atoms with Gasteiger partial charge in [0.25, 0.3) is 0 Å². The van der Waals surface area contributed by atoms with E-state index in [1.54, 1.807) is 0 Å². The summed E-state index contributed by atoms with van der Waals surface area (Å²) < 4.78 is 5.40. The molecule has 18 heavy (non-hydrogen) atoms. The summed E-state index contributed by atoms with van der Waals surface area (Å²) in [6.45, 7) is 3.23. The molecular formula is C11H16N2O5. The van der Waals surface area contributed by atoms with Gasteiger partial charge in [-0.25, -0.2) is 0 Å². The Bertz CT molecular complexity index is 395. The third kappa shape index (κ3) is 2.21. The molecule has 0 amide bonds. The second-order valence-electron chi connectivity index (χ2n) is 4.11. The van der Waals surface area contributed by atoms with E-state index in [1.165, 1.54) is 17.2 Å². The number of hydrogen-bond donors (Lipinski definition) is 5. The van der Waals surface area contributed by atoms with E-state index in [2.05, 4.69) is 11.6 Å². The number of ether oxygens (including phenoxy) is 1. The molecule has 100 valence electrons. The summed E-state index contributed by atoms with van der Waals surface area (Å²) in [6, 6.07) is -0.311. The first-order valence-corrected chi connectivity index (χ1v) is 5.53. The molecule has 2 aliphatic heterocycles. The molecule has 0 bridgehead atoms. The zero-order valence-electron chi connectivity index (χ0n) is 9.65. The van der Waals surface area contributed by atoms with Crippen LogP contribution < -0.4 is 4.99 Å². The monoisotopic (exact) mass is 256 g/mol. The predicted octanol–water partition coefficient (Wildman–Crippen LogP) is -2.30. The molecule has 1 fully saturated rings. The van der Waals surface area contributed by atoms with Crippen molar-refractivity contribution >= 4 is 6.02 Å². The Balaban J connectivity index is 2.16. The topological polar surface area (TPSA) is 107 Å². The lowest BCUT2D eigenvalue weighted by Crippen LogP contribution is -2.80. The van der Waals surface area contributed by atoms with Crippen LogP contribution in [0.1, 0.15) is 6.42 Å². The van der Waals surface area contributed by atoms with Gasteiger partial charge in [-0.05, 0) is 5.57 Å². The van der Waals surface area contributed by atoms with Crippen LogP contribution >= 0.6 is 0 Å². The van der Waals surface area contributed by atoms with Gasteiger partial charge in [0.2, 0.25) is 0 Å². The molecule has 5 N–H and O–H groups in total. The smallest absolute Gasteiger partial charge is 0.372 e. The largest absolute Gasteiger partial charge is 0.490 e. The maximum absolute atomic E-state index is 9.71. The third-order valence-corrected chi connectivity index (χ3v) is 2.94. The van der Waals surface area contributed by atoms with Crippen LogP contribution in [0.2, 0.25) is 0 Å². The maximum Gasteiger partial charge on any atom is 0.372 e. The minimum atomic E-state index is -0.798. The third-order valence-electron chi connectivity index (χ3n) is 2.94. The normalized spacial score (nSPS) is 32.3. The van der Waals surface area contributed by atoms with Gasteiger partial charge in [0.05, 0.1) is 12.7 Å². The number of nitrogens with one attached hydrogen (secondary N) is 1. The first-order valence-electron chi connectivity index (χ1n) is 5.53. The van der Waals surface area contributed by atoms with Crippen molar-refractivity contribution in [1.82, 2.24) is 4.90 Å². The molecule has 0 aromatic carbocycles. The fourth-order valence-corrected chi connectivity index (χ4v) is 1.93. The fourth-order valence-electron chi connectivity index (χ4n) is 1.93. The molecule has 0 aromatic rings. The van der Waals surface area contributed by atoms with Crippen molar-refractivity contribution in [2.45, 2.75) is 24.9 Å². The van der Waals surface area contributed by atoms with Crippen LogP contribution in [-0.2, 0) is 4.74 Å². The first-order chi connectivity index (χ1) is 8.56. The van der Waals surface area contributed by atoms with E-state index in [0.717, 1.165) is 0 Å². The van der Waals surface area contributed by atoms with E-state index >= 15 is 0 Å². The zero-order chi connectivity index (χ0) is 13.3. The van der Waals surface area contributed by atoms with E-state index in [9.17, 15) is 15.3 Å².